The molecule has 1 atom stereocenters. The molecule has 3 heteroatoms. The first kappa shape index (κ1) is 12.9. The number of aliphatic hydroxyl groups is 1. The molecule has 1 rings (SSSR count). The molecule has 2 N–H and O–H groups in total. The van der Waals surface area contributed by atoms with Gasteiger partial charge in [-0.3, -0.25) is 0 Å². The second kappa shape index (κ2) is 6.46. The monoisotopic (exact) mass is 215 g/mol. The van der Waals surface area contributed by atoms with Gasteiger partial charge in [0, 0.05) is 26.3 Å². The van der Waals surface area contributed by atoms with Crippen LogP contribution in [0.25, 0.3) is 0 Å². The number of nitrogens with one attached hydrogen (secondary N) is 1. The summed E-state index contributed by atoms with van der Waals surface area (Å²) >= 11 is 0. The Morgan fingerprint density at radius 1 is 1.47 bits per heavy atom. The summed E-state index contributed by atoms with van der Waals surface area (Å²) in [5.41, 5.74) is 0.294. The molecule has 1 fully saturated rings. The number of hydrogen-bond donors (Lipinski definition) is 2. The van der Waals surface area contributed by atoms with E-state index in [9.17, 15) is 0 Å². The fourth-order valence-electron chi connectivity index (χ4n) is 2.01. The summed E-state index contributed by atoms with van der Waals surface area (Å²) in [4.78, 5) is 0. The maximum Gasteiger partial charge on any atom is 0.0507 e. The third-order valence-corrected chi connectivity index (χ3v) is 3.07. The van der Waals surface area contributed by atoms with Gasteiger partial charge in [-0.1, -0.05) is 13.8 Å². The fourth-order valence-corrected chi connectivity index (χ4v) is 2.01. The van der Waals surface area contributed by atoms with Crippen LogP contribution in [-0.2, 0) is 4.74 Å². The summed E-state index contributed by atoms with van der Waals surface area (Å²) < 4.78 is 5.33. The quantitative estimate of drug-likeness (QED) is 0.675. The van der Waals surface area contributed by atoms with E-state index < -0.39 is 0 Å². The average Bonchev–Trinajstić information content (AvgIpc) is 2.67. The van der Waals surface area contributed by atoms with E-state index >= 15 is 0 Å². The number of rotatable bonds is 7. The predicted octanol–water partition coefficient (Wildman–Crippen LogP) is 1.41. The van der Waals surface area contributed by atoms with E-state index in [4.69, 9.17) is 9.84 Å². The van der Waals surface area contributed by atoms with Gasteiger partial charge in [-0.15, -0.1) is 0 Å². The highest BCUT2D eigenvalue weighted by molar-refractivity contribution is 4.74. The molecule has 0 radical (unpaired) electrons. The Balaban J connectivity index is 2.06. The lowest BCUT2D eigenvalue weighted by Gasteiger charge is -2.25. The molecule has 3 nitrogen and oxygen atoms in total. The number of aliphatic hydroxyl groups excluding tert-OH is 1. The molecular weight excluding hydrogens is 190 g/mol. The molecule has 1 heterocycles. The minimum absolute atomic E-state index is 0.294. The van der Waals surface area contributed by atoms with Crippen LogP contribution in [0, 0.1) is 11.3 Å². The molecule has 1 unspecified atom stereocenters. The van der Waals surface area contributed by atoms with Gasteiger partial charge in [0.25, 0.3) is 0 Å². The van der Waals surface area contributed by atoms with Gasteiger partial charge in [0.1, 0.15) is 0 Å². The topological polar surface area (TPSA) is 41.5 Å². The average molecular weight is 215 g/mol. The molecule has 0 saturated carbocycles. The van der Waals surface area contributed by atoms with E-state index in [1.807, 2.05) is 0 Å². The molecule has 0 bridgehead atoms. The third kappa shape index (κ3) is 5.50. The maximum absolute atomic E-state index is 8.79. The van der Waals surface area contributed by atoms with Gasteiger partial charge < -0.3 is 15.2 Å². The summed E-state index contributed by atoms with van der Waals surface area (Å²) in [6.45, 7) is 8.76. The lowest BCUT2D eigenvalue weighted by molar-refractivity contribution is 0.183. The van der Waals surface area contributed by atoms with E-state index in [0.29, 0.717) is 17.9 Å². The zero-order chi connectivity index (χ0) is 11.1. The van der Waals surface area contributed by atoms with Crippen molar-refractivity contribution >= 4 is 0 Å². The summed E-state index contributed by atoms with van der Waals surface area (Å²) in [5, 5.41) is 12.3. The van der Waals surface area contributed by atoms with Crippen LogP contribution in [0.3, 0.4) is 0 Å². The Kier molecular flexibility index (Phi) is 5.58. The first-order valence-corrected chi connectivity index (χ1v) is 6.03. The van der Waals surface area contributed by atoms with E-state index in [1.54, 1.807) is 0 Å². The Labute approximate surface area is 93.2 Å². The zero-order valence-electron chi connectivity index (χ0n) is 10.1. The number of ether oxygens (including phenoxy) is 1. The number of hydrogen-bond acceptors (Lipinski definition) is 3. The van der Waals surface area contributed by atoms with Crippen LogP contribution in [0.1, 0.15) is 33.1 Å². The van der Waals surface area contributed by atoms with E-state index in [2.05, 4.69) is 19.2 Å². The van der Waals surface area contributed by atoms with Gasteiger partial charge >= 0.3 is 0 Å². The molecule has 0 aromatic rings. The molecule has 0 spiro atoms. The van der Waals surface area contributed by atoms with Crippen molar-refractivity contribution in [3.05, 3.63) is 0 Å². The van der Waals surface area contributed by atoms with Crippen LogP contribution in [0.5, 0.6) is 0 Å². The molecule has 15 heavy (non-hydrogen) atoms. The summed E-state index contributed by atoms with van der Waals surface area (Å²) in [6.07, 6.45) is 3.18. The Morgan fingerprint density at radius 3 is 2.87 bits per heavy atom. The van der Waals surface area contributed by atoms with Gasteiger partial charge in [0.05, 0.1) is 6.61 Å². The highest BCUT2D eigenvalue weighted by Crippen LogP contribution is 2.21. The molecule has 90 valence electrons. The molecular formula is C12H25NO2. The fraction of sp³-hybridized carbons (Fsp3) is 1.00. The van der Waals surface area contributed by atoms with E-state index in [1.165, 1.54) is 6.42 Å². The highest BCUT2D eigenvalue weighted by atomic mass is 16.5. The molecule has 0 aromatic carbocycles. The van der Waals surface area contributed by atoms with Crippen molar-refractivity contribution in [3.63, 3.8) is 0 Å². The highest BCUT2D eigenvalue weighted by Gasteiger charge is 2.19. The van der Waals surface area contributed by atoms with Gasteiger partial charge in [-0.25, -0.2) is 0 Å². The zero-order valence-corrected chi connectivity index (χ0v) is 10.1. The van der Waals surface area contributed by atoms with Gasteiger partial charge in [0.15, 0.2) is 0 Å². The van der Waals surface area contributed by atoms with E-state index in [0.717, 1.165) is 39.1 Å². The SMILES string of the molecule is CC(C)(CCCO)CNCC1CCOC1. The molecule has 0 aromatic heterocycles. The summed E-state index contributed by atoms with van der Waals surface area (Å²) in [6, 6.07) is 0. The van der Waals surface area contributed by atoms with Crippen LogP contribution in [-0.4, -0.2) is 38.0 Å². The summed E-state index contributed by atoms with van der Waals surface area (Å²) in [7, 11) is 0. The molecule has 0 amide bonds. The normalized spacial score (nSPS) is 22.2. The molecule has 0 aliphatic carbocycles. The first-order valence-electron chi connectivity index (χ1n) is 6.03. The van der Waals surface area contributed by atoms with Crippen molar-refractivity contribution in [2.75, 3.05) is 32.9 Å². The Hall–Kier alpha value is -0.120. The van der Waals surface area contributed by atoms with Gasteiger partial charge in [-0.2, -0.15) is 0 Å². The lowest BCUT2D eigenvalue weighted by atomic mass is 9.88. The third-order valence-electron chi connectivity index (χ3n) is 3.07. The predicted molar refractivity (Wildman–Crippen MR) is 61.9 cm³/mol. The minimum atomic E-state index is 0.294. The molecule has 1 aliphatic heterocycles. The standard InChI is InChI=1S/C12H25NO2/c1-12(2,5-3-6-14)10-13-8-11-4-7-15-9-11/h11,13-14H,3-10H2,1-2H3. The van der Waals surface area contributed by atoms with Gasteiger partial charge in [0.2, 0.25) is 0 Å². The van der Waals surface area contributed by atoms with Crippen molar-refractivity contribution in [2.24, 2.45) is 11.3 Å². The van der Waals surface area contributed by atoms with E-state index in [-0.39, 0.29) is 0 Å². The van der Waals surface area contributed by atoms with Crippen LogP contribution >= 0.6 is 0 Å². The van der Waals surface area contributed by atoms with Crippen LogP contribution in [0.15, 0.2) is 0 Å². The van der Waals surface area contributed by atoms with Crippen LogP contribution in [0.4, 0.5) is 0 Å². The van der Waals surface area contributed by atoms with Crippen molar-refractivity contribution < 1.29 is 9.84 Å². The van der Waals surface area contributed by atoms with Crippen molar-refractivity contribution in [1.29, 1.82) is 0 Å². The Bertz CT molecular complexity index is 165. The minimum Gasteiger partial charge on any atom is -0.396 e. The second-order valence-corrected chi connectivity index (χ2v) is 5.35. The van der Waals surface area contributed by atoms with Crippen molar-refractivity contribution in [3.8, 4) is 0 Å². The largest absolute Gasteiger partial charge is 0.396 e. The summed E-state index contributed by atoms with van der Waals surface area (Å²) in [5.74, 6) is 0.707. The first-order chi connectivity index (χ1) is 7.14. The van der Waals surface area contributed by atoms with Crippen molar-refractivity contribution in [1.82, 2.24) is 5.32 Å². The van der Waals surface area contributed by atoms with Gasteiger partial charge in [-0.05, 0) is 30.6 Å². The van der Waals surface area contributed by atoms with Crippen LogP contribution in [0.2, 0.25) is 0 Å². The molecule has 1 aliphatic rings. The maximum atomic E-state index is 8.79. The van der Waals surface area contributed by atoms with Crippen LogP contribution < -0.4 is 5.32 Å². The lowest BCUT2D eigenvalue weighted by Crippen LogP contribution is -2.33. The second-order valence-electron chi connectivity index (χ2n) is 5.35. The smallest absolute Gasteiger partial charge is 0.0507 e. The van der Waals surface area contributed by atoms with Crippen molar-refractivity contribution in [2.45, 2.75) is 33.1 Å². The molecule has 1 saturated heterocycles. The Morgan fingerprint density at radius 2 is 2.27 bits per heavy atom.